The van der Waals surface area contributed by atoms with Crippen LogP contribution in [-0.2, 0) is 4.74 Å². The Morgan fingerprint density at radius 1 is 1.17 bits per heavy atom. The van der Waals surface area contributed by atoms with E-state index in [2.05, 4.69) is 60.6 Å². The molecule has 0 bridgehead atoms. The van der Waals surface area contributed by atoms with Crippen LogP contribution in [0.25, 0.3) is 0 Å². The lowest BCUT2D eigenvalue weighted by atomic mass is 10.0. The summed E-state index contributed by atoms with van der Waals surface area (Å²) in [5.74, 6) is 0.907. The van der Waals surface area contributed by atoms with Crippen LogP contribution in [0.4, 0.5) is 0 Å². The van der Waals surface area contributed by atoms with E-state index in [-0.39, 0.29) is 0 Å². The number of nitrogens with one attached hydrogen (secondary N) is 2. The number of hydrogen-bond acceptors (Lipinski definition) is 3. The molecule has 1 aliphatic heterocycles. The van der Waals surface area contributed by atoms with E-state index in [1.165, 1.54) is 11.1 Å². The molecule has 0 aromatic heterocycles. The lowest BCUT2D eigenvalue weighted by Crippen LogP contribution is -2.42. The molecule has 2 N–H and O–H groups in total. The second-order valence-corrected chi connectivity index (χ2v) is 6.22. The molecule has 0 aliphatic carbocycles. The fraction of sp³-hybridized carbons (Fsp3) is 0.632. The van der Waals surface area contributed by atoms with Gasteiger partial charge in [0, 0.05) is 26.2 Å². The van der Waals surface area contributed by atoms with Crippen molar-refractivity contribution < 1.29 is 4.74 Å². The lowest BCUT2D eigenvalue weighted by Gasteiger charge is -2.34. The highest BCUT2D eigenvalue weighted by Gasteiger charge is 2.22. The van der Waals surface area contributed by atoms with E-state index in [1.807, 2.05) is 0 Å². The van der Waals surface area contributed by atoms with Gasteiger partial charge in [0.25, 0.3) is 0 Å². The molecule has 0 amide bonds. The van der Waals surface area contributed by atoms with E-state index < -0.39 is 0 Å². The molecule has 0 saturated carbocycles. The SMILES string of the molecule is CCCNC(=NCC(c1ccc(C)cc1)N1CCOCC1)NCC. The van der Waals surface area contributed by atoms with Crippen molar-refractivity contribution in [3.8, 4) is 0 Å². The second kappa shape index (κ2) is 10.3. The van der Waals surface area contributed by atoms with Crippen LogP contribution in [0.15, 0.2) is 29.3 Å². The van der Waals surface area contributed by atoms with Crippen molar-refractivity contribution in [2.45, 2.75) is 33.2 Å². The second-order valence-electron chi connectivity index (χ2n) is 6.22. The number of benzene rings is 1. The quantitative estimate of drug-likeness (QED) is 0.594. The third kappa shape index (κ3) is 5.80. The number of ether oxygens (including phenoxy) is 1. The monoisotopic (exact) mass is 332 g/mol. The number of aryl methyl sites for hydroxylation is 1. The van der Waals surface area contributed by atoms with Gasteiger partial charge in [0.05, 0.1) is 25.8 Å². The zero-order valence-corrected chi connectivity index (χ0v) is 15.3. The Morgan fingerprint density at radius 2 is 1.88 bits per heavy atom. The van der Waals surface area contributed by atoms with Gasteiger partial charge in [-0.1, -0.05) is 36.8 Å². The Balaban J connectivity index is 2.13. The molecule has 1 unspecified atom stereocenters. The number of aliphatic imine (C=N–C) groups is 1. The van der Waals surface area contributed by atoms with Crippen molar-refractivity contribution in [1.82, 2.24) is 15.5 Å². The van der Waals surface area contributed by atoms with E-state index in [4.69, 9.17) is 9.73 Å². The Morgan fingerprint density at radius 3 is 2.50 bits per heavy atom. The third-order valence-corrected chi connectivity index (χ3v) is 4.26. The first-order valence-corrected chi connectivity index (χ1v) is 9.15. The van der Waals surface area contributed by atoms with Gasteiger partial charge in [0.2, 0.25) is 0 Å². The van der Waals surface area contributed by atoms with Crippen molar-refractivity contribution in [1.29, 1.82) is 0 Å². The maximum Gasteiger partial charge on any atom is 0.191 e. The molecule has 134 valence electrons. The average molecular weight is 332 g/mol. The maximum atomic E-state index is 5.52. The van der Waals surface area contributed by atoms with Crippen molar-refractivity contribution in [2.75, 3.05) is 45.9 Å². The van der Waals surface area contributed by atoms with Crippen LogP contribution >= 0.6 is 0 Å². The first-order chi connectivity index (χ1) is 11.7. The van der Waals surface area contributed by atoms with Crippen LogP contribution in [0, 0.1) is 6.92 Å². The molecule has 1 heterocycles. The minimum atomic E-state index is 0.298. The highest BCUT2D eigenvalue weighted by atomic mass is 16.5. The first-order valence-electron chi connectivity index (χ1n) is 9.15. The van der Waals surface area contributed by atoms with Crippen LogP contribution in [0.2, 0.25) is 0 Å². The third-order valence-electron chi connectivity index (χ3n) is 4.26. The number of rotatable bonds is 7. The van der Waals surface area contributed by atoms with Gasteiger partial charge in [0.1, 0.15) is 0 Å². The summed E-state index contributed by atoms with van der Waals surface area (Å²) < 4.78 is 5.52. The maximum absolute atomic E-state index is 5.52. The summed E-state index contributed by atoms with van der Waals surface area (Å²) in [4.78, 5) is 7.32. The number of guanidine groups is 1. The molecule has 5 nitrogen and oxygen atoms in total. The molecule has 1 aromatic carbocycles. The molecule has 2 rings (SSSR count). The van der Waals surface area contributed by atoms with Gasteiger partial charge in [-0.3, -0.25) is 9.89 Å². The van der Waals surface area contributed by atoms with Crippen LogP contribution in [0.1, 0.15) is 37.4 Å². The molecule has 1 fully saturated rings. The minimum Gasteiger partial charge on any atom is -0.379 e. The number of nitrogens with zero attached hydrogens (tertiary/aromatic N) is 2. The van der Waals surface area contributed by atoms with Gasteiger partial charge in [0.15, 0.2) is 5.96 Å². The number of hydrogen-bond donors (Lipinski definition) is 2. The summed E-state index contributed by atoms with van der Waals surface area (Å²) >= 11 is 0. The molecule has 0 radical (unpaired) electrons. The Hall–Kier alpha value is -1.59. The van der Waals surface area contributed by atoms with Crippen molar-refractivity contribution in [3.05, 3.63) is 35.4 Å². The predicted octanol–water partition coefficient (Wildman–Crippen LogP) is 2.33. The topological polar surface area (TPSA) is 48.9 Å². The number of morpholine rings is 1. The summed E-state index contributed by atoms with van der Waals surface area (Å²) in [5.41, 5.74) is 2.62. The molecule has 1 aromatic rings. The molecule has 0 spiro atoms. The standard InChI is InChI=1S/C19H32N4O/c1-4-10-21-19(20-5-2)22-15-18(23-11-13-24-14-12-23)17-8-6-16(3)7-9-17/h6-9,18H,4-5,10-15H2,1-3H3,(H2,20,21,22). The van der Waals surface area contributed by atoms with E-state index in [9.17, 15) is 0 Å². The summed E-state index contributed by atoms with van der Waals surface area (Å²) in [6, 6.07) is 9.14. The highest BCUT2D eigenvalue weighted by molar-refractivity contribution is 5.79. The highest BCUT2D eigenvalue weighted by Crippen LogP contribution is 2.22. The van der Waals surface area contributed by atoms with Gasteiger partial charge < -0.3 is 15.4 Å². The smallest absolute Gasteiger partial charge is 0.191 e. The molecule has 1 aliphatic rings. The zero-order valence-electron chi connectivity index (χ0n) is 15.3. The lowest BCUT2D eigenvalue weighted by molar-refractivity contribution is 0.0179. The van der Waals surface area contributed by atoms with E-state index in [1.54, 1.807) is 0 Å². The van der Waals surface area contributed by atoms with Crippen molar-refractivity contribution in [3.63, 3.8) is 0 Å². The van der Waals surface area contributed by atoms with Gasteiger partial charge in [-0.2, -0.15) is 0 Å². The molecule has 24 heavy (non-hydrogen) atoms. The predicted molar refractivity (Wildman–Crippen MR) is 101 cm³/mol. The summed E-state index contributed by atoms with van der Waals surface area (Å²) in [6.45, 7) is 12.5. The van der Waals surface area contributed by atoms with Crippen molar-refractivity contribution in [2.24, 2.45) is 4.99 Å². The van der Waals surface area contributed by atoms with Gasteiger partial charge in [-0.25, -0.2) is 0 Å². The summed E-state index contributed by atoms with van der Waals surface area (Å²) in [6.07, 6.45) is 1.09. The normalized spacial score (nSPS) is 17.5. The summed E-state index contributed by atoms with van der Waals surface area (Å²) in [7, 11) is 0. The van der Waals surface area contributed by atoms with Crippen LogP contribution in [0.3, 0.4) is 0 Å². The fourth-order valence-electron chi connectivity index (χ4n) is 2.87. The van der Waals surface area contributed by atoms with E-state index in [0.29, 0.717) is 6.04 Å². The molecule has 1 atom stereocenters. The van der Waals surface area contributed by atoms with Gasteiger partial charge in [-0.05, 0) is 25.8 Å². The van der Waals surface area contributed by atoms with E-state index in [0.717, 1.165) is 58.3 Å². The minimum absolute atomic E-state index is 0.298. The average Bonchev–Trinajstić information content (AvgIpc) is 2.62. The zero-order chi connectivity index (χ0) is 17.2. The van der Waals surface area contributed by atoms with E-state index >= 15 is 0 Å². The van der Waals surface area contributed by atoms with Gasteiger partial charge >= 0.3 is 0 Å². The van der Waals surface area contributed by atoms with Crippen LogP contribution < -0.4 is 10.6 Å². The molecular weight excluding hydrogens is 300 g/mol. The molecule has 1 saturated heterocycles. The van der Waals surface area contributed by atoms with Crippen LogP contribution in [-0.4, -0.2) is 56.8 Å². The molecule has 5 heteroatoms. The van der Waals surface area contributed by atoms with Gasteiger partial charge in [-0.15, -0.1) is 0 Å². The Kier molecular flexibility index (Phi) is 8.05. The molecular formula is C19H32N4O. The van der Waals surface area contributed by atoms with Crippen molar-refractivity contribution >= 4 is 5.96 Å². The first kappa shape index (κ1) is 18.7. The largest absolute Gasteiger partial charge is 0.379 e. The fourth-order valence-corrected chi connectivity index (χ4v) is 2.87. The summed E-state index contributed by atoms with van der Waals surface area (Å²) in [5, 5.41) is 6.72. The Labute approximate surface area is 146 Å². The van der Waals surface area contributed by atoms with Crippen LogP contribution in [0.5, 0.6) is 0 Å². The Bertz CT molecular complexity index is 495.